The van der Waals surface area contributed by atoms with Crippen LogP contribution in [0.15, 0.2) is 54.6 Å². The van der Waals surface area contributed by atoms with Crippen LogP contribution in [0.1, 0.15) is 20.8 Å². The summed E-state index contributed by atoms with van der Waals surface area (Å²) >= 11 is 1.56. The van der Waals surface area contributed by atoms with Crippen LogP contribution in [0.2, 0.25) is 0 Å². The Morgan fingerprint density at radius 1 is 1.05 bits per heavy atom. The maximum absolute atomic E-state index is 12.1. The number of nitrogens with one attached hydrogen (secondary N) is 1. The van der Waals surface area contributed by atoms with Crippen LogP contribution in [0.25, 0.3) is 11.3 Å². The largest absolute Gasteiger partial charge is 0.298 e. The van der Waals surface area contributed by atoms with Gasteiger partial charge >= 0.3 is 0 Å². The fraction of sp³-hybridized carbons (Fsp3) is 0.0588. The highest BCUT2D eigenvalue weighted by molar-refractivity contribution is 7.16. The molecule has 0 radical (unpaired) electrons. The predicted octanol–water partition coefficient (Wildman–Crippen LogP) is 3.97. The lowest BCUT2D eigenvalue weighted by atomic mass is 10.1. The molecule has 1 N–H and O–H groups in total. The Hall–Kier alpha value is -2.46. The topological polar surface area (TPSA) is 42.0 Å². The van der Waals surface area contributed by atoms with Gasteiger partial charge in [-0.15, -0.1) is 11.3 Å². The molecule has 102 valence electrons. The van der Waals surface area contributed by atoms with Gasteiger partial charge in [0.15, 0.2) is 5.13 Å². The van der Waals surface area contributed by atoms with Gasteiger partial charge in [0.1, 0.15) is 0 Å². The summed E-state index contributed by atoms with van der Waals surface area (Å²) in [4.78, 5) is 17.9. The van der Waals surface area contributed by atoms with Crippen LogP contribution < -0.4 is 5.32 Å². The number of rotatable bonds is 2. The van der Waals surface area contributed by atoms with Crippen LogP contribution in [0.3, 0.4) is 0 Å². The normalized spacial score (nSPS) is 11.8. The molecule has 0 saturated carbocycles. The molecule has 1 heterocycles. The summed E-state index contributed by atoms with van der Waals surface area (Å²) < 4.78 is 0. The third kappa shape index (κ3) is 2.14. The van der Waals surface area contributed by atoms with Crippen LogP contribution in [-0.2, 0) is 6.42 Å². The Kier molecular flexibility index (Phi) is 2.82. The second-order valence-corrected chi connectivity index (χ2v) is 6.03. The molecule has 1 amide bonds. The number of nitrogens with zero attached hydrogens (tertiary/aromatic N) is 1. The zero-order valence-corrected chi connectivity index (χ0v) is 12.0. The van der Waals surface area contributed by atoms with Gasteiger partial charge < -0.3 is 0 Å². The standard InChI is InChI=1S/C17H12N2OS/c20-16(11-6-2-1-3-7-11)19-17-18-15-13-9-5-4-8-12(13)10-14(15)21-17/h1-9H,10H2,(H,18,19,20). The third-order valence-electron chi connectivity index (χ3n) is 3.58. The predicted molar refractivity (Wildman–Crippen MR) is 84.8 cm³/mol. The minimum atomic E-state index is -0.115. The van der Waals surface area contributed by atoms with Crippen LogP contribution in [0.4, 0.5) is 5.13 Å². The molecule has 1 aliphatic rings. The van der Waals surface area contributed by atoms with E-state index in [1.807, 2.05) is 30.3 Å². The van der Waals surface area contributed by atoms with E-state index in [4.69, 9.17) is 0 Å². The van der Waals surface area contributed by atoms with Crippen molar-refractivity contribution >= 4 is 22.4 Å². The molecular weight excluding hydrogens is 280 g/mol. The molecule has 0 bridgehead atoms. The van der Waals surface area contributed by atoms with Gasteiger partial charge in [-0.3, -0.25) is 10.1 Å². The first-order valence-electron chi connectivity index (χ1n) is 6.75. The highest BCUT2D eigenvalue weighted by atomic mass is 32.1. The summed E-state index contributed by atoms with van der Waals surface area (Å²) in [6, 6.07) is 17.5. The van der Waals surface area contributed by atoms with E-state index in [0.29, 0.717) is 10.7 Å². The van der Waals surface area contributed by atoms with Gasteiger partial charge in [-0.2, -0.15) is 0 Å². The van der Waals surface area contributed by atoms with E-state index in [2.05, 4.69) is 22.4 Å². The Bertz CT molecular complexity index is 824. The number of hydrogen-bond donors (Lipinski definition) is 1. The van der Waals surface area contributed by atoms with Crippen molar-refractivity contribution in [3.8, 4) is 11.3 Å². The molecule has 0 unspecified atom stereocenters. The van der Waals surface area contributed by atoms with Crippen molar-refractivity contribution in [2.45, 2.75) is 6.42 Å². The molecule has 3 aromatic rings. The number of carbonyl (C=O) groups excluding carboxylic acids is 1. The van der Waals surface area contributed by atoms with E-state index in [0.717, 1.165) is 12.1 Å². The summed E-state index contributed by atoms with van der Waals surface area (Å²) in [6.07, 6.45) is 0.907. The highest BCUT2D eigenvalue weighted by Gasteiger charge is 2.23. The maximum Gasteiger partial charge on any atom is 0.257 e. The van der Waals surface area contributed by atoms with E-state index in [1.54, 1.807) is 23.5 Å². The quantitative estimate of drug-likeness (QED) is 0.607. The zero-order chi connectivity index (χ0) is 14.2. The molecule has 0 aliphatic heterocycles. The van der Waals surface area contributed by atoms with Gasteiger partial charge in [0, 0.05) is 22.4 Å². The summed E-state index contributed by atoms with van der Waals surface area (Å²) in [5.41, 5.74) is 4.16. The Balaban J connectivity index is 1.61. The molecule has 0 fully saturated rings. The van der Waals surface area contributed by atoms with Gasteiger partial charge in [0.2, 0.25) is 0 Å². The lowest BCUT2D eigenvalue weighted by Crippen LogP contribution is -2.11. The maximum atomic E-state index is 12.1. The van der Waals surface area contributed by atoms with Crippen molar-refractivity contribution in [3.63, 3.8) is 0 Å². The minimum absolute atomic E-state index is 0.115. The number of hydrogen-bond acceptors (Lipinski definition) is 3. The summed E-state index contributed by atoms with van der Waals surface area (Å²) in [7, 11) is 0. The molecular formula is C17H12N2OS. The summed E-state index contributed by atoms with van der Waals surface area (Å²) in [5.74, 6) is -0.115. The number of thiazole rings is 1. The average Bonchev–Trinajstić information content (AvgIpc) is 3.05. The zero-order valence-electron chi connectivity index (χ0n) is 11.2. The van der Waals surface area contributed by atoms with E-state index in [-0.39, 0.29) is 5.91 Å². The Morgan fingerprint density at radius 3 is 2.67 bits per heavy atom. The lowest BCUT2D eigenvalue weighted by Gasteiger charge is -2.02. The second-order valence-electron chi connectivity index (χ2n) is 4.94. The van der Waals surface area contributed by atoms with E-state index in [1.165, 1.54) is 16.0 Å². The van der Waals surface area contributed by atoms with Gasteiger partial charge in [-0.25, -0.2) is 4.98 Å². The van der Waals surface area contributed by atoms with Gasteiger partial charge in [-0.05, 0) is 17.7 Å². The van der Waals surface area contributed by atoms with Crippen molar-refractivity contribution < 1.29 is 4.79 Å². The summed E-state index contributed by atoms with van der Waals surface area (Å²) in [6.45, 7) is 0. The molecule has 0 spiro atoms. The highest BCUT2D eigenvalue weighted by Crippen LogP contribution is 2.40. The molecule has 1 aromatic heterocycles. The molecule has 4 rings (SSSR count). The first kappa shape index (κ1) is 12.3. The second kappa shape index (κ2) is 4.82. The van der Waals surface area contributed by atoms with Gasteiger partial charge in [0.05, 0.1) is 5.69 Å². The van der Waals surface area contributed by atoms with Gasteiger partial charge in [-0.1, -0.05) is 42.5 Å². The molecule has 21 heavy (non-hydrogen) atoms. The van der Waals surface area contributed by atoms with Crippen molar-refractivity contribution in [1.29, 1.82) is 0 Å². The van der Waals surface area contributed by atoms with Crippen molar-refractivity contribution in [3.05, 3.63) is 70.6 Å². The number of anilines is 1. The monoisotopic (exact) mass is 292 g/mol. The number of carbonyl (C=O) groups is 1. The molecule has 0 saturated heterocycles. The fourth-order valence-corrected chi connectivity index (χ4v) is 3.57. The Morgan fingerprint density at radius 2 is 1.81 bits per heavy atom. The van der Waals surface area contributed by atoms with Crippen LogP contribution in [0.5, 0.6) is 0 Å². The first-order valence-corrected chi connectivity index (χ1v) is 7.57. The minimum Gasteiger partial charge on any atom is -0.298 e. The van der Waals surface area contributed by atoms with Crippen molar-refractivity contribution in [2.24, 2.45) is 0 Å². The molecule has 0 atom stereocenters. The fourth-order valence-electron chi connectivity index (χ4n) is 2.57. The van der Waals surface area contributed by atoms with Crippen LogP contribution >= 0.6 is 11.3 Å². The molecule has 4 heteroatoms. The van der Waals surface area contributed by atoms with Gasteiger partial charge in [0.25, 0.3) is 5.91 Å². The number of benzene rings is 2. The average molecular weight is 292 g/mol. The van der Waals surface area contributed by atoms with E-state index < -0.39 is 0 Å². The van der Waals surface area contributed by atoms with E-state index >= 15 is 0 Å². The molecule has 2 aromatic carbocycles. The van der Waals surface area contributed by atoms with Crippen LogP contribution in [0, 0.1) is 0 Å². The van der Waals surface area contributed by atoms with E-state index in [9.17, 15) is 4.79 Å². The molecule has 1 aliphatic carbocycles. The smallest absolute Gasteiger partial charge is 0.257 e. The van der Waals surface area contributed by atoms with Crippen molar-refractivity contribution in [2.75, 3.05) is 5.32 Å². The SMILES string of the molecule is O=C(Nc1nc2c(s1)Cc1ccccc1-2)c1ccccc1. The van der Waals surface area contributed by atoms with Crippen molar-refractivity contribution in [1.82, 2.24) is 4.98 Å². The third-order valence-corrected chi connectivity index (χ3v) is 4.55. The van der Waals surface area contributed by atoms with Crippen LogP contribution in [-0.4, -0.2) is 10.9 Å². The molecule has 3 nitrogen and oxygen atoms in total. The number of aromatic nitrogens is 1. The number of amides is 1. The Labute approximate surface area is 126 Å². The lowest BCUT2D eigenvalue weighted by molar-refractivity contribution is 0.102. The first-order chi connectivity index (χ1) is 10.3. The summed E-state index contributed by atoms with van der Waals surface area (Å²) in [5, 5.41) is 3.56. The number of fused-ring (bicyclic) bond motifs is 3.